The smallest absolute Gasteiger partial charge is 0.193 e. The Balaban J connectivity index is 1.56. The van der Waals surface area contributed by atoms with Crippen LogP contribution in [0.15, 0.2) is 52.3 Å². The Bertz CT molecular complexity index is 775. The van der Waals surface area contributed by atoms with Crippen LogP contribution < -0.4 is 5.32 Å². The number of guanidine groups is 1. The maximum Gasteiger partial charge on any atom is 0.193 e. The first-order valence-electron chi connectivity index (χ1n) is 7.64. The van der Waals surface area contributed by atoms with Crippen molar-refractivity contribution in [2.24, 2.45) is 4.99 Å². The summed E-state index contributed by atoms with van der Waals surface area (Å²) in [5, 5.41) is 8.59. The molecule has 2 N–H and O–H groups in total. The van der Waals surface area contributed by atoms with Crippen molar-refractivity contribution in [1.29, 1.82) is 0 Å². The third kappa shape index (κ3) is 3.53. The lowest BCUT2D eigenvalue weighted by Gasteiger charge is -2.20. The van der Waals surface area contributed by atoms with Crippen LogP contribution in [0.4, 0.5) is 0 Å². The predicted molar refractivity (Wildman–Crippen MR) is 91.3 cm³/mol. The van der Waals surface area contributed by atoms with E-state index in [0.29, 0.717) is 6.54 Å². The molecule has 0 spiro atoms. The molecule has 0 saturated heterocycles. The second-order valence-corrected chi connectivity index (χ2v) is 5.43. The number of hydrogen-bond donors (Lipinski definition) is 2. The first-order valence-corrected chi connectivity index (χ1v) is 7.64. The second-order valence-electron chi connectivity index (χ2n) is 5.43. The Kier molecular flexibility index (Phi) is 4.61. The van der Waals surface area contributed by atoms with Gasteiger partial charge in [-0.2, -0.15) is 0 Å². The fraction of sp³-hybridized carbons (Fsp3) is 0.294. The number of aliphatic imine (C=N–C) groups is 1. The molecule has 6 heteroatoms. The molecule has 6 nitrogen and oxygen atoms in total. The number of H-pyrrole nitrogens is 1. The Labute approximate surface area is 135 Å². The fourth-order valence-electron chi connectivity index (χ4n) is 2.67. The molecule has 23 heavy (non-hydrogen) atoms. The van der Waals surface area contributed by atoms with Crippen LogP contribution in [0, 0.1) is 0 Å². The standard InChI is InChI=1S/C17H21N5O/c1-18-17(22(2)12-14-8-10-23-21-14)19-9-7-13-11-20-16-6-4-3-5-15(13)16/h3-6,8,10-11,20H,7,9,12H2,1-2H3,(H,18,19). The van der Waals surface area contributed by atoms with E-state index in [9.17, 15) is 0 Å². The molecule has 3 rings (SSSR count). The van der Waals surface area contributed by atoms with Gasteiger partial charge in [0.1, 0.15) is 12.0 Å². The van der Waals surface area contributed by atoms with Crippen molar-refractivity contribution in [2.45, 2.75) is 13.0 Å². The lowest BCUT2D eigenvalue weighted by molar-refractivity contribution is 0.391. The van der Waals surface area contributed by atoms with Gasteiger partial charge in [0.25, 0.3) is 0 Å². The molecule has 0 aliphatic heterocycles. The molecule has 1 aromatic carbocycles. The highest BCUT2D eigenvalue weighted by Gasteiger charge is 2.09. The first-order chi connectivity index (χ1) is 11.3. The zero-order chi connectivity index (χ0) is 16.1. The van der Waals surface area contributed by atoms with E-state index in [1.165, 1.54) is 16.5 Å². The average molecular weight is 311 g/mol. The maximum absolute atomic E-state index is 4.86. The topological polar surface area (TPSA) is 69.5 Å². The van der Waals surface area contributed by atoms with Crippen LogP contribution in [0.5, 0.6) is 0 Å². The zero-order valence-electron chi connectivity index (χ0n) is 13.4. The van der Waals surface area contributed by atoms with Crippen molar-refractivity contribution in [3.05, 3.63) is 54.0 Å². The van der Waals surface area contributed by atoms with Crippen molar-refractivity contribution >= 4 is 16.9 Å². The molecule has 120 valence electrons. The second kappa shape index (κ2) is 7.00. The molecule has 0 atom stereocenters. The van der Waals surface area contributed by atoms with Gasteiger partial charge in [0.2, 0.25) is 0 Å². The number of fused-ring (bicyclic) bond motifs is 1. The first kappa shape index (κ1) is 15.1. The molecule has 0 bridgehead atoms. The van der Waals surface area contributed by atoms with Crippen molar-refractivity contribution in [1.82, 2.24) is 20.4 Å². The van der Waals surface area contributed by atoms with Gasteiger partial charge >= 0.3 is 0 Å². The van der Waals surface area contributed by atoms with E-state index in [2.05, 4.69) is 44.8 Å². The summed E-state index contributed by atoms with van der Waals surface area (Å²) in [4.78, 5) is 9.64. The number of aromatic amines is 1. The van der Waals surface area contributed by atoms with Gasteiger partial charge in [0.05, 0.1) is 6.54 Å². The number of nitrogens with zero attached hydrogens (tertiary/aromatic N) is 3. The van der Waals surface area contributed by atoms with Crippen LogP contribution in [0.25, 0.3) is 10.9 Å². The molecule has 0 saturated carbocycles. The summed E-state index contributed by atoms with van der Waals surface area (Å²) in [6, 6.07) is 10.2. The molecule has 0 unspecified atom stereocenters. The van der Waals surface area contributed by atoms with E-state index in [1.54, 1.807) is 13.3 Å². The van der Waals surface area contributed by atoms with Crippen LogP contribution in [0.3, 0.4) is 0 Å². The maximum atomic E-state index is 4.86. The number of rotatable bonds is 5. The summed E-state index contributed by atoms with van der Waals surface area (Å²) in [7, 11) is 3.77. The van der Waals surface area contributed by atoms with Gasteiger partial charge in [-0.15, -0.1) is 0 Å². The molecular formula is C17H21N5O. The summed E-state index contributed by atoms with van der Waals surface area (Å²) < 4.78 is 4.86. The minimum Gasteiger partial charge on any atom is -0.364 e. The number of benzene rings is 1. The molecule has 0 radical (unpaired) electrons. The van der Waals surface area contributed by atoms with Gasteiger partial charge < -0.3 is 19.7 Å². The molecule has 3 aromatic rings. The van der Waals surface area contributed by atoms with E-state index in [-0.39, 0.29) is 0 Å². The summed E-state index contributed by atoms with van der Waals surface area (Å²) >= 11 is 0. The highest BCUT2D eigenvalue weighted by Crippen LogP contribution is 2.17. The van der Waals surface area contributed by atoms with Crippen LogP contribution in [-0.4, -0.2) is 41.6 Å². The highest BCUT2D eigenvalue weighted by molar-refractivity contribution is 5.83. The third-order valence-corrected chi connectivity index (χ3v) is 3.82. The van der Waals surface area contributed by atoms with Crippen molar-refractivity contribution in [2.75, 3.05) is 20.6 Å². The molecular weight excluding hydrogens is 290 g/mol. The zero-order valence-corrected chi connectivity index (χ0v) is 13.4. The Morgan fingerprint density at radius 2 is 2.22 bits per heavy atom. The quantitative estimate of drug-likeness (QED) is 0.561. The summed E-state index contributed by atoms with van der Waals surface area (Å²) in [6.45, 7) is 1.47. The number of hydrogen-bond acceptors (Lipinski definition) is 3. The number of nitrogens with one attached hydrogen (secondary N) is 2. The van der Waals surface area contributed by atoms with Crippen LogP contribution in [-0.2, 0) is 13.0 Å². The molecule has 0 amide bonds. The molecule has 2 aromatic heterocycles. The minimum absolute atomic E-state index is 0.656. The Hall–Kier alpha value is -2.76. The van der Waals surface area contributed by atoms with E-state index in [4.69, 9.17) is 4.52 Å². The van der Waals surface area contributed by atoms with Gasteiger partial charge in [-0.05, 0) is 18.1 Å². The molecule has 0 aliphatic rings. The average Bonchev–Trinajstić information content (AvgIpc) is 3.21. The van der Waals surface area contributed by atoms with Crippen LogP contribution in [0.1, 0.15) is 11.3 Å². The minimum atomic E-state index is 0.656. The summed E-state index contributed by atoms with van der Waals surface area (Å²) in [5.41, 5.74) is 3.37. The van der Waals surface area contributed by atoms with E-state index >= 15 is 0 Å². The van der Waals surface area contributed by atoms with Crippen LogP contribution >= 0.6 is 0 Å². The van der Waals surface area contributed by atoms with Crippen molar-refractivity contribution < 1.29 is 4.52 Å². The van der Waals surface area contributed by atoms with Gasteiger partial charge in [-0.1, -0.05) is 23.4 Å². The van der Waals surface area contributed by atoms with Gasteiger partial charge in [-0.3, -0.25) is 4.99 Å². The van der Waals surface area contributed by atoms with Crippen molar-refractivity contribution in [3.8, 4) is 0 Å². The summed E-state index contributed by atoms with van der Waals surface area (Å²) in [5.74, 6) is 0.841. The predicted octanol–water partition coefficient (Wildman–Crippen LogP) is 2.41. The van der Waals surface area contributed by atoms with E-state index in [0.717, 1.165) is 24.6 Å². The lowest BCUT2D eigenvalue weighted by Crippen LogP contribution is -2.39. The highest BCUT2D eigenvalue weighted by atomic mass is 16.5. The van der Waals surface area contributed by atoms with Gasteiger partial charge in [0, 0.05) is 43.8 Å². The lowest BCUT2D eigenvalue weighted by atomic mass is 10.1. The van der Waals surface area contributed by atoms with E-state index in [1.807, 2.05) is 24.1 Å². The van der Waals surface area contributed by atoms with Gasteiger partial charge in [-0.25, -0.2) is 0 Å². The van der Waals surface area contributed by atoms with Gasteiger partial charge in [0.15, 0.2) is 5.96 Å². The number of para-hydroxylation sites is 1. The fourth-order valence-corrected chi connectivity index (χ4v) is 2.67. The Morgan fingerprint density at radius 1 is 1.35 bits per heavy atom. The van der Waals surface area contributed by atoms with Crippen molar-refractivity contribution in [3.63, 3.8) is 0 Å². The molecule has 0 fully saturated rings. The Morgan fingerprint density at radius 3 is 3.00 bits per heavy atom. The normalized spacial score (nSPS) is 11.8. The van der Waals surface area contributed by atoms with E-state index < -0.39 is 0 Å². The summed E-state index contributed by atoms with van der Waals surface area (Å²) in [6.07, 6.45) is 4.59. The SMILES string of the molecule is CN=C(NCCc1c[nH]c2ccccc12)N(C)Cc1ccon1. The monoisotopic (exact) mass is 311 g/mol. The van der Waals surface area contributed by atoms with Crippen LogP contribution in [0.2, 0.25) is 0 Å². The number of aromatic nitrogens is 2. The third-order valence-electron chi connectivity index (χ3n) is 3.82. The largest absolute Gasteiger partial charge is 0.364 e. The molecule has 0 aliphatic carbocycles. The molecule has 2 heterocycles.